The van der Waals surface area contributed by atoms with E-state index in [1.165, 1.54) is 18.2 Å². The van der Waals surface area contributed by atoms with E-state index in [1.807, 2.05) is 0 Å². The lowest BCUT2D eigenvalue weighted by Gasteiger charge is -2.06. The van der Waals surface area contributed by atoms with Gasteiger partial charge >= 0.3 is 17.8 Å². The molecule has 0 aliphatic carbocycles. The van der Waals surface area contributed by atoms with Crippen molar-refractivity contribution in [2.24, 2.45) is 0 Å². The van der Waals surface area contributed by atoms with Crippen molar-refractivity contribution in [3.8, 4) is 27.7 Å². The number of phenolic OH excluding ortho intramolecular Hbond substituents is 1. The van der Waals surface area contributed by atoms with E-state index in [2.05, 4.69) is 5.32 Å². The average Bonchev–Trinajstić information content (AvgIpc) is 3.08. The van der Waals surface area contributed by atoms with Gasteiger partial charge in [0.05, 0.1) is 5.69 Å². The van der Waals surface area contributed by atoms with Crippen LogP contribution in [0.15, 0.2) is 54.6 Å². The second-order valence-electron chi connectivity index (χ2n) is 5.54. The van der Waals surface area contributed by atoms with Gasteiger partial charge in [-0.1, -0.05) is 0 Å². The lowest BCUT2D eigenvalue weighted by atomic mass is 10.2. The lowest BCUT2D eigenvalue weighted by Crippen LogP contribution is -2.22. The molecular formula is C19H13NO7S. The molecule has 0 aliphatic heterocycles. The van der Waals surface area contributed by atoms with Crippen LogP contribution in [-0.4, -0.2) is 33.2 Å². The maximum absolute atomic E-state index is 11.4. The fourth-order valence-corrected chi connectivity index (χ4v) is 3.26. The van der Waals surface area contributed by atoms with E-state index in [0.29, 0.717) is 21.9 Å². The molecule has 2 aromatic carbocycles. The van der Waals surface area contributed by atoms with Crippen molar-refractivity contribution < 1.29 is 34.4 Å². The van der Waals surface area contributed by atoms with Crippen LogP contribution in [0.2, 0.25) is 0 Å². The molecule has 0 aliphatic rings. The lowest BCUT2D eigenvalue weighted by molar-refractivity contribution is -0.147. The molecule has 4 N–H and O–H groups in total. The minimum atomic E-state index is -1.71. The van der Waals surface area contributed by atoms with E-state index in [-0.39, 0.29) is 16.3 Å². The normalized spacial score (nSPS) is 10.3. The second kappa shape index (κ2) is 7.80. The first-order chi connectivity index (χ1) is 13.3. The predicted molar refractivity (Wildman–Crippen MR) is 101 cm³/mol. The Bertz CT molecular complexity index is 1040. The highest BCUT2D eigenvalue weighted by atomic mass is 32.1. The molecule has 1 aromatic heterocycles. The summed E-state index contributed by atoms with van der Waals surface area (Å²) < 4.78 is 5.65. The molecule has 28 heavy (non-hydrogen) atoms. The molecule has 0 fully saturated rings. The largest absolute Gasteiger partial charge is 0.508 e. The van der Waals surface area contributed by atoms with Crippen LogP contribution in [-0.2, 0) is 9.59 Å². The van der Waals surface area contributed by atoms with Gasteiger partial charge in [0.15, 0.2) is 0 Å². The maximum atomic E-state index is 11.4. The molecule has 3 rings (SSSR count). The van der Waals surface area contributed by atoms with Crippen LogP contribution in [0, 0.1) is 0 Å². The van der Waals surface area contributed by atoms with E-state index in [0.717, 1.165) is 11.3 Å². The molecule has 8 nitrogen and oxygen atoms in total. The summed E-state index contributed by atoms with van der Waals surface area (Å²) >= 11 is 0.910. The Balaban J connectivity index is 1.83. The zero-order valence-electron chi connectivity index (χ0n) is 14.1. The summed E-state index contributed by atoms with van der Waals surface area (Å²) in [6.45, 7) is 0. The second-order valence-corrected chi connectivity index (χ2v) is 6.59. The van der Waals surface area contributed by atoms with E-state index >= 15 is 0 Å². The number of aromatic hydroxyl groups is 1. The Morgan fingerprint density at radius 3 is 2.00 bits per heavy atom. The molecule has 0 unspecified atom stereocenters. The molecule has 0 spiro atoms. The van der Waals surface area contributed by atoms with E-state index in [1.54, 1.807) is 36.4 Å². The third kappa shape index (κ3) is 4.27. The topological polar surface area (TPSA) is 133 Å². The highest BCUT2D eigenvalue weighted by molar-refractivity contribution is 7.18. The third-order valence-electron chi connectivity index (χ3n) is 3.58. The van der Waals surface area contributed by atoms with Crippen molar-refractivity contribution in [2.75, 3.05) is 5.32 Å². The van der Waals surface area contributed by atoms with Gasteiger partial charge in [-0.05, 0) is 60.2 Å². The van der Waals surface area contributed by atoms with Crippen LogP contribution in [0.1, 0.15) is 9.67 Å². The Kier molecular flexibility index (Phi) is 5.28. The number of rotatable bonds is 5. The van der Waals surface area contributed by atoms with Gasteiger partial charge in [0.2, 0.25) is 0 Å². The zero-order valence-corrected chi connectivity index (χ0v) is 14.9. The standard InChI is InChI=1S/C19H13NO7S/c21-11-3-7-13(8-4-11)27-12-5-1-10(2-6-12)15-9-14(16(28-15)18(23)24)20-17(22)19(25)26/h1-9,21H,(H,20,22)(H,23,24)(H,25,26). The molecule has 142 valence electrons. The number of hydrogen-bond acceptors (Lipinski definition) is 6. The summed E-state index contributed by atoms with van der Waals surface area (Å²) in [5, 5.41) is 29.3. The number of thiophene rings is 1. The molecule has 0 radical (unpaired) electrons. The van der Waals surface area contributed by atoms with Crippen molar-refractivity contribution in [3.63, 3.8) is 0 Å². The molecule has 9 heteroatoms. The Morgan fingerprint density at radius 1 is 0.893 bits per heavy atom. The van der Waals surface area contributed by atoms with Gasteiger partial charge in [-0.15, -0.1) is 11.3 Å². The summed E-state index contributed by atoms with van der Waals surface area (Å²) in [5.41, 5.74) is 0.589. The van der Waals surface area contributed by atoms with Crippen molar-refractivity contribution in [2.45, 2.75) is 0 Å². The Labute approximate surface area is 162 Å². The molecule has 1 heterocycles. The Hall–Kier alpha value is -3.85. The molecule has 0 saturated heterocycles. The number of carboxylic acids is 2. The Morgan fingerprint density at radius 2 is 1.46 bits per heavy atom. The molecule has 0 atom stereocenters. The number of ether oxygens (including phenoxy) is 1. The van der Waals surface area contributed by atoms with Gasteiger partial charge in [-0.25, -0.2) is 9.59 Å². The summed E-state index contributed by atoms with van der Waals surface area (Å²) in [7, 11) is 0. The van der Waals surface area contributed by atoms with Gasteiger partial charge < -0.3 is 25.4 Å². The van der Waals surface area contributed by atoms with Crippen LogP contribution in [0.3, 0.4) is 0 Å². The first-order valence-corrected chi connectivity index (χ1v) is 8.64. The zero-order chi connectivity index (χ0) is 20.3. The van der Waals surface area contributed by atoms with Gasteiger partial charge in [0, 0.05) is 4.88 Å². The summed E-state index contributed by atoms with van der Waals surface area (Å²) in [6.07, 6.45) is 0. The quantitative estimate of drug-likeness (QED) is 0.481. The van der Waals surface area contributed by atoms with Crippen molar-refractivity contribution in [1.82, 2.24) is 0 Å². The third-order valence-corrected chi connectivity index (χ3v) is 4.75. The number of hydrogen-bond donors (Lipinski definition) is 4. The SMILES string of the molecule is O=C(O)C(=O)Nc1cc(-c2ccc(Oc3ccc(O)cc3)cc2)sc1C(=O)O. The summed E-state index contributed by atoms with van der Waals surface area (Å²) in [4.78, 5) is 33.8. The van der Waals surface area contributed by atoms with Gasteiger partial charge in [-0.2, -0.15) is 0 Å². The van der Waals surface area contributed by atoms with Crippen molar-refractivity contribution >= 4 is 34.9 Å². The van der Waals surface area contributed by atoms with Crippen LogP contribution < -0.4 is 10.1 Å². The van der Waals surface area contributed by atoms with E-state index in [4.69, 9.17) is 9.84 Å². The number of aromatic carboxylic acids is 1. The average molecular weight is 399 g/mol. The predicted octanol–water partition coefficient (Wildman–Crippen LogP) is 3.63. The van der Waals surface area contributed by atoms with Crippen LogP contribution >= 0.6 is 11.3 Å². The number of amides is 1. The van der Waals surface area contributed by atoms with Crippen molar-refractivity contribution in [3.05, 3.63) is 59.5 Å². The number of nitrogens with one attached hydrogen (secondary N) is 1. The highest BCUT2D eigenvalue weighted by Crippen LogP contribution is 2.36. The van der Waals surface area contributed by atoms with Crippen molar-refractivity contribution in [1.29, 1.82) is 0 Å². The number of carboxylic acid groups (broad SMARTS) is 2. The van der Waals surface area contributed by atoms with Crippen LogP contribution in [0.4, 0.5) is 5.69 Å². The smallest absolute Gasteiger partial charge is 0.394 e. The summed E-state index contributed by atoms with van der Waals surface area (Å²) in [6, 6.07) is 14.4. The minimum absolute atomic E-state index is 0.0793. The number of anilines is 1. The summed E-state index contributed by atoms with van der Waals surface area (Å²) in [5.74, 6) is -3.11. The maximum Gasteiger partial charge on any atom is 0.394 e. The highest BCUT2D eigenvalue weighted by Gasteiger charge is 2.20. The van der Waals surface area contributed by atoms with Gasteiger partial charge in [0.25, 0.3) is 0 Å². The molecule has 0 saturated carbocycles. The van der Waals surface area contributed by atoms with Crippen LogP contribution in [0.25, 0.3) is 10.4 Å². The van der Waals surface area contributed by atoms with Crippen LogP contribution in [0.5, 0.6) is 17.2 Å². The minimum Gasteiger partial charge on any atom is -0.508 e. The number of benzene rings is 2. The first kappa shape index (κ1) is 18.9. The fraction of sp³-hybridized carbons (Fsp3) is 0. The number of aliphatic carboxylic acids is 1. The number of phenols is 1. The van der Waals surface area contributed by atoms with Gasteiger partial charge in [0.1, 0.15) is 22.1 Å². The number of carbonyl (C=O) groups excluding carboxylic acids is 1. The monoisotopic (exact) mass is 399 g/mol. The fourth-order valence-electron chi connectivity index (χ4n) is 2.30. The molecule has 1 amide bonds. The van der Waals surface area contributed by atoms with Gasteiger partial charge in [-0.3, -0.25) is 4.79 Å². The first-order valence-electron chi connectivity index (χ1n) is 7.82. The number of carbonyl (C=O) groups is 3. The molecule has 3 aromatic rings. The van der Waals surface area contributed by atoms with E-state index in [9.17, 15) is 24.6 Å². The molecular weight excluding hydrogens is 386 g/mol. The van der Waals surface area contributed by atoms with E-state index < -0.39 is 17.8 Å². The molecule has 0 bridgehead atoms.